The Kier molecular flexibility index (Phi) is 8.26. The van der Waals surface area contributed by atoms with Crippen molar-refractivity contribution in [2.75, 3.05) is 26.7 Å². The van der Waals surface area contributed by atoms with Crippen molar-refractivity contribution in [1.82, 2.24) is 15.5 Å². The van der Waals surface area contributed by atoms with Gasteiger partial charge in [0.2, 0.25) is 0 Å². The Hall–Kier alpha value is -0.570. The average molecular weight is 519 g/mol. The van der Waals surface area contributed by atoms with Gasteiger partial charge in [0.15, 0.2) is 5.96 Å². The molecule has 3 fully saturated rings. The van der Waals surface area contributed by atoms with E-state index in [-0.39, 0.29) is 24.0 Å². The van der Waals surface area contributed by atoms with E-state index in [1.165, 1.54) is 31.2 Å². The van der Waals surface area contributed by atoms with E-state index < -0.39 is 0 Å². The van der Waals surface area contributed by atoms with Gasteiger partial charge in [0.05, 0.1) is 18.2 Å². The largest absolute Gasteiger partial charge is 0.373 e. The summed E-state index contributed by atoms with van der Waals surface area (Å²) in [4.78, 5) is 6.93. The smallest absolute Gasteiger partial charge is 0.191 e. The third-order valence-electron chi connectivity index (χ3n) is 6.27. The zero-order valence-corrected chi connectivity index (χ0v) is 19.7. The lowest BCUT2D eigenvalue weighted by molar-refractivity contribution is 0.0992. The van der Waals surface area contributed by atoms with Gasteiger partial charge in [0, 0.05) is 25.2 Å². The number of piperidine rings is 1. The van der Waals surface area contributed by atoms with Gasteiger partial charge < -0.3 is 15.4 Å². The number of rotatable bonds is 5. The van der Waals surface area contributed by atoms with Crippen molar-refractivity contribution in [2.45, 2.75) is 56.9 Å². The van der Waals surface area contributed by atoms with Crippen molar-refractivity contribution in [1.29, 1.82) is 0 Å². The average Bonchev–Trinajstić information content (AvgIpc) is 3.31. The van der Waals surface area contributed by atoms with E-state index in [2.05, 4.69) is 32.7 Å². The van der Waals surface area contributed by atoms with Crippen LogP contribution < -0.4 is 10.6 Å². The standard InChI is InChI=1S/C21H31ClN4O.HI/c1-23-21(25-19-12-17-6-7-20(19)27-17)24-13-15-8-10-26(11-9-15)14-16-4-2-3-5-18(16)22;/h2-5,15,17,19-20H,6-14H2,1H3,(H2,23,24,25);1H. The molecule has 3 aliphatic rings. The zero-order chi connectivity index (χ0) is 18.6. The molecule has 2 N–H and O–H groups in total. The first-order chi connectivity index (χ1) is 13.2. The monoisotopic (exact) mass is 518 g/mol. The summed E-state index contributed by atoms with van der Waals surface area (Å²) < 4.78 is 5.93. The van der Waals surface area contributed by atoms with Crippen LogP contribution in [0.4, 0.5) is 0 Å². The number of hydrogen-bond acceptors (Lipinski definition) is 3. The van der Waals surface area contributed by atoms with Crippen molar-refractivity contribution in [3.05, 3.63) is 34.9 Å². The fourth-order valence-corrected chi connectivity index (χ4v) is 4.81. The number of guanidine groups is 1. The Morgan fingerprint density at radius 2 is 2.00 bits per heavy atom. The van der Waals surface area contributed by atoms with Gasteiger partial charge in [-0.1, -0.05) is 29.8 Å². The summed E-state index contributed by atoms with van der Waals surface area (Å²) in [6, 6.07) is 8.59. The molecular formula is C21H32ClIN4O. The maximum absolute atomic E-state index is 6.30. The normalized spacial score (nSPS) is 28.2. The fourth-order valence-electron chi connectivity index (χ4n) is 4.62. The second-order valence-electron chi connectivity index (χ2n) is 8.12. The van der Waals surface area contributed by atoms with E-state index in [1.807, 2.05) is 19.2 Å². The SMILES string of the molecule is CN=C(NCC1CCN(Cc2ccccc2Cl)CC1)NC1CC2CCC1O2.I. The molecule has 156 valence electrons. The van der Waals surface area contributed by atoms with Crippen LogP contribution >= 0.6 is 35.6 Å². The summed E-state index contributed by atoms with van der Waals surface area (Å²) in [5, 5.41) is 7.99. The number of aliphatic imine (C=N–C) groups is 1. The molecule has 1 aromatic carbocycles. The summed E-state index contributed by atoms with van der Waals surface area (Å²) in [6.07, 6.45) is 6.79. The van der Waals surface area contributed by atoms with Crippen LogP contribution in [-0.4, -0.2) is 55.8 Å². The van der Waals surface area contributed by atoms with Crippen LogP contribution in [0, 0.1) is 5.92 Å². The van der Waals surface area contributed by atoms with E-state index in [9.17, 15) is 0 Å². The number of fused-ring (bicyclic) bond motifs is 2. The molecule has 4 rings (SSSR count). The Morgan fingerprint density at radius 1 is 1.21 bits per heavy atom. The van der Waals surface area contributed by atoms with Gasteiger partial charge in [-0.3, -0.25) is 9.89 Å². The second kappa shape index (κ2) is 10.5. The Morgan fingerprint density at radius 3 is 2.64 bits per heavy atom. The first kappa shape index (κ1) is 22.1. The van der Waals surface area contributed by atoms with Crippen LogP contribution in [-0.2, 0) is 11.3 Å². The van der Waals surface area contributed by atoms with Crippen molar-refractivity contribution in [3.63, 3.8) is 0 Å². The molecule has 2 bridgehead atoms. The highest BCUT2D eigenvalue weighted by atomic mass is 127. The minimum atomic E-state index is 0. The Balaban J connectivity index is 0.00000225. The van der Waals surface area contributed by atoms with Gasteiger partial charge in [-0.15, -0.1) is 24.0 Å². The van der Waals surface area contributed by atoms with Crippen LogP contribution in [0.5, 0.6) is 0 Å². The summed E-state index contributed by atoms with van der Waals surface area (Å²) >= 11 is 6.30. The molecule has 3 unspecified atom stereocenters. The summed E-state index contributed by atoms with van der Waals surface area (Å²) in [6.45, 7) is 4.20. The number of ether oxygens (including phenoxy) is 1. The predicted molar refractivity (Wildman–Crippen MR) is 126 cm³/mol. The van der Waals surface area contributed by atoms with E-state index in [0.29, 0.717) is 24.2 Å². The lowest BCUT2D eigenvalue weighted by Gasteiger charge is -2.32. The van der Waals surface area contributed by atoms with E-state index in [0.717, 1.165) is 43.6 Å². The molecule has 3 aliphatic heterocycles. The molecule has 0 aliphatic carbocycles. The third kappa shape index (κ3) is 5.52. The minimum absolute atomic E-state index is 0. The quantitative estimate of drug-likeness (QED) is 0.355. The summed E-state index contributed by atoms with van der Waals surface area (Å²) in [5.41, 5.74) is 1.23. The molecule has 3 saturated heterocycles. The summed E-state index contributed by atoms with van der Waals surface area (Å²) in [7, 11) is 1.86. The molecule has 0 aromatic heterocycles. The maximum atomic E-state index is 6.30. The van der Waals surface area contributed by atoms with Gasteiger partial charge in [-0.25, -0.2) is 0 Å². The molecule has 7 heteroatoms. The van der Waals surface area contributed by atoms with Crippen LogP contribution in [0.2, 0.25) is 5.02 Å². The highest BCUT2D eigenvalue weighted by Crippen LogP contribution is 2.34. The van der Waals surface area contributed by atoms with Crippen LogP contribution in [0.1, 0.15) is 37.7 Å². The second-order valence-corrected chi connectivity index (χ2v) is 8.53. The number of halogens is 2. The molecule has 3 heterocycles. The van der Waals surface area contributed by atoms with Crippen molar-refractivity contribution >= 4 is 41.5 Å². The van der Waals surface area contributed by atoms with Crippen molar-refractivity contribution in [2.24, 2.45) is 10.9 Å². The van der Waals surface area contributed by atoms with Crippen LogP contribution in [0.15, 0.2) is 29.3 Å². The highest BCUT2D eigenvalue weighted by molar-refractivity contribution is 14.0. The lowest BCUT2D eigenvalue weighted by atomic mass is 9.95. The molecule has 5 nitrogen and oxygen atoms in total. The molecule has 0 spiro atoms. The number of likely N-dealkylation sites (tertiary alicyclic amines) is 1. The van der Waals surface area contributed by atoms with E-state index in [4.69, 9.17) is 16.3 Å². The number of hydrogen-bond donors (Lipinski definition) is 2. The van der Waals surface area contributed by atoms with Gasteiger partial charge in [0.1, 0.15) is 0 Å². The molecule has 0 saturated carbocycles. The van der Waals surface area contributed by atoms with Crippen molar-refractivity contribution in [3.8, 4) is 0 Å². The molecular weight excluding hydrogens is 487 g/mol. The summed E-state index contributed by atoms with van der Waals surface area (Å²) in [5.74, 6) is 1.62. The zero-order valence-electron chi connectivity index (χ0n) is 16.6. The van der Waals surface area contributed by atoms with Gasteiger partial charge in [-0.05, 0) is 62.7 Å². The third-order valence-corrected chi connectivity index (χ3v) is 6.64. The fraction of sp³-hybridized carbons (Fsp3) is 0.667. The first-order valence-corrected chi connectivity index (χ1v) is 10.7. The highest BCUT2D eigenvalue weighted by Gasteiger charge is 2.41. The van der Waals surface area contributed by atoms with E-state index >= 15 is 0 Å². The number of nitrogens with zero attached hydrogens (tertiary/aromatic N) is 2. The first-order valence-electron chi connectivity index (χ1n) is 10.3. The van der Waals surface area contributed by atoms with Crippen LogP contribution in [0.25, 0.3) is 0 Å². The molecule has 28 heavy (non-hydrogen) atoms. The van der Waals surface area contributed by atoms with Gasteiger partial charge in [0.25, 0.3) is 0 Å². The predicted octanol–water partition coefficient (Wildman–Crippen LogP) is 3.65. The van der Waals surface area contributed by atoms with Gasteiger partial charge >= 0.3 is 0 Å². The topological polar surface area (TPSA) is 48.9 Å². The van der Waals surface area contributed by atoms with E-state index in [1.54, 1.807) is 0 Å². The Labute approximate surface area is 190 Å². The molecule has 0 radical (unpaired) electrons. The lowest BCUT2D eigenvalue weighted by Crippen LogP contribution is -2.49. The number of benzene rings is 1. The molecule has 0 amide bonds. The molecule has 1 aromatic rings. The molecule has 3 atom stereocenters. The van der Waals surface area contributed by atoms with Crippen molar-refractivity contribution < 1.29 is 4.74 Å². The Bertz CT molecular complexity index is 666. The minimum Gasteiger partial charge on any atom is -0.373 e. The maximum Gasteiger partial charge on any atom is 0.191 e. The van der Waals surface area contributed by atoms with Crippen LogP contribution in [0.3, 0.4) is 0 Å². The van der Waals surface area contributed by atoms with Gasteiger partial charge in [-0.2, -0.15) is 0 Å². The number of nitrogens with one attached hydrogen (secondary N) is 2.